The van der Waals surface area contributed by atoms with Gasteiger partial charge in [-0.05, 0) is 11.5 Å². The van der Waals surface area contributed by atoms with Gasteiger partial charge >= 0.3 is 0 Å². The highest BCUT2D eigenvalue weighted by atomic mass is 32.1. The summed E-state index contributed by atoms with van der Waals surface area (Å²) in [4.78, 5) is 7.06. The predicted octanol–water partition coefficient (Wildman–Crippen LogP) is 3.35. The van der Waals surface area contributed by atoms with Crippen LogP contribution in [-0.2, 0) is 0 Å². The number of benzene rings is 1. The van der Waals surface area contributed by atoms with Crippen LogP contribution >= 0.6 is 12.2 Å². The van der Waals surface area contributed by atoms with Crippen LogP contribution in [0.4, 0.5) is 5.69 Å². The van der Waals surface area contributed by atoms with Crippen molar-refractivity contribution in [2.45, 2.75) is 20.8 Å². The summed E-state index contributed by atoms with van der Waals surface area (Å²) >= 11 is 5.18. The lowest BCUT2D eigenvalue weighted by molar-refractivity contribution is 0.419. The highest BCUT2D eigenvalue weighted by molar-refractivity contribution is 7.80. The Balaban J connectivity index is 2.63. The molecule has 0 radical (unpaired) electrons. The van der Waals surface area contributed by atoms with E-state index in [0.717, 1.165) is 28.7 Å². The van der Waals surface area contributed by atoms with Crippen molar-refractivity contribution in [3.05, 3.63) is 36.0 Å². The molecule has 0 aliphatic heterocycles. The van der Waals surface area contributed by atoms with Crippen LogP contribution in [0.1, 0.15) is 26.3 Å². The fraction of sp³-hybridized carbons (Fsp3) is 0.375. The Labute approximate surface area is 125 Å². The second kappa shape index (κ2) is 5.37. The Kier molecular flexibility index (Phi) is 3.95. The van der Waals surface area contributed by atoms with Gasteiger partial charge in [-0.25, -0.2) is 0 Å². The van der Waals surface area contributed by atoms with Gasteiger partial charge in [-0.2, -0.15) is 0 Å². The first kappa shape index (κ1) is 14.7. The topological polar surface area (TPSA) is 42.1 Å². The van der Waals surface area contributed by atoms with E-state index in [0.29, 0.717) is 4.99 Å². The van der Waals surface area contributed by atoms with E-state index in [9.17, 15) is 0 Å². The highest BCUT2D eigenvalue weighted by Crippen LogP contribution is 2.30. The minimum Gasteiger partial charge on any atom is -0.389 e. The molecular formula is C16H21N3S. The third-order valence-electron chi connectivity index (χ3n) is 3.11. The molecule has 2 N–H and O–H groups in total. The Morgan fingerprint density at radius 2 is 1.95 bits per heavy atom. The zero-order valence-electron chi connectivity index (χ0n) is 12.5. The minimum absolute atomic E-state index is 0.187. The summed E-state index contributed by atoms with van der Waals surface area (Å²) < 4.78 is 0. The smallest absolute Gasteiger partial charge is 0.107 e. The average molecular weight is 287 g/mol. The SMILES string of the molecule is CN(CC(C)(C)C)c1c(C(N)=S)cnc2ccccc12. The number of para-hydroxylation sites is 1. The molecule has 2 aromatic rings. The second-order valence-electron chi connectivity index (χ2n) is 6.32. The molecule has 3 nitrogen and oxygen atoms in total. The molecule has 0 saturated carbocycles. The van der Waals surface area contributed by atoms with Gasteiger partial charge in [0.15, 0.2) is 0 Å². The first-order valence-corrected chi connectivity index (χ1v) is 7.09. The molecule has 1 aromatic carbocycles. The number of rotatable bonds is 3. The molecule has 0 spiro atoms. The van der Waals surface area contributed by atoms with Gasteiger partial charge in [-0.3, -0.25) is 4.98 Å². The van der Waals surface area contributed by atoms with Crippen LogP contribution in [0.15, 0.2) is 30.5 Å². The third kappa shape index (κ3) is 3.07. The molecule has 1 aromatic heterocycles. The van der Waals surface area contributed by atoms with E-state index in [2.05, 4.69) is 43.8 Å². The molecule has 0 saturated heterocycles. The third-order valence-corrected chi connectivity index (χ3v) is 3.33. The summed E-state index contributed by atoms with van der Waals surface area (Å²) in [5.74, 6) is 0. The van der Waals surface area contributed by atoms with Crippen LogP contribution < -0.4 is 10.6 Å². The van der Waals surface area contributed by atoms with Crippen molar-refractivity contribution in [3.8, 4) is 0 Å². The number of aromatic nitrogens is 1. The summed E-state index contributed by atoms with van der Waals surface area (Å²) in [5.41, 5.74) is 8.93. The average Bonchev–Trinajstić information content (AvgIpc) is 2.35. The lowest BCUT2D eigenvalue weighted by Gasteiger charge is -2.30. The van der Waals surface area contributed by atoms with E-state index in [1.807, 2.05) is 18.2 Å². The van der Waals surface area contributed by atoms with Crippen LogP contribution in [0.5, 0.6) is 0 Å². The predicted molar refractivity (Wildman–Crippen MR) is 90.4 cm³/mol. The minimum atomic E-state index is 0.187. The molecule has 4 heteroatoms. The lowest BCUT2D eigenvalue weighted by atomic mass is 9.95. The quantitative estimate of drug-likeness (QED) is 0.879. The van der Waals surface area contributed by atoms with E-state index >= 15 is 0 Å². The maximum atomic E-state index is 5.87. The van der Waals surface area contributed by atoms with Crippen LogP contribution in [0.25, 0.3) is 10.9 Å². The van der Waals surface area contributed by atoms with E-state index in [1.54, 1.807) is 6.20 Å². The summed E-state index contributed by atoms with van der Waals surface area (Å²) in [6.07, 6.45) is 1.78. The number of nitrogens with two attached hydrogens (primary N) is 1. The Hall–Kier alpha value is -1.68. The molecular weight excluding hydrogens is 266 g/mol. The van der Waals surface area contributed by atoms with Crippen LogP contribution in [0, 0.1) is 5.41 Å². The fourth-order valence-corrected chi connectivity index (χ4v) is 2.66. The van der Waals surface area contributed by atoms with Gasteiger partial charge in [-0.15, -0.1) is 0 Å². The van der Waals surface area contributed by atoms with Crippen molar-refractivity contribution in [2.24, 2.45) is 11.1 Å². The maximum absolute atomic E-state index is 5.87. The molecule has 0 amide bonds. The molecule has 0 fully saturated rings. The lowest BCUT2D eigenvalue weighted by Crippen LogP contribution is -2.31. The van der Waals surface area contributed by atoms with Crippen molar-refractivity contribution < 1.29 is 0 Å². The van der Waals surface area contributed by atoms with Gasteiger partial charge in [-0.1, -0.05) is 51.2 Å². The molecule has 0 atom stereocenters. The summed E-state index contributed by atoms with van der Waals surface area (Å²) in [7, 11) is 2.08. The zero-order chi connectivity index (χ0) is 14.9. The molecule has 20 heavy (non-hydrogen) atoms. The highest BCUT2D eigenvalue weighted by Gasteiger charge is 2.19. The molecule has 0 unspecified atom stereocenters. The van der Waals surface area contributed by atoms with Crippen LogP contribution in [-0.4, -0.2) is 23.6 Å². The number of nitrogens with zero attached hydrogens (tertiary/aromatic N) is 2. The number of hydrogen-bond acceptors (Lipinski definition) is 3. The fourth-order valence-electron chi connectivity index (χ4n) is 2.51. The van der Waals surface area contributed by atoms with Crippen molar-refractivity contribution in [2.75, 3.05) is 18.5 Å². The number of hydrogen-bond donors (Lipinski definition) is 1. The first-order chi connectivity index (χ1) is 9.29. The van der Waals surface area contributed by atoms with Crippen molar-refractivity contribution >= 4 is 33.8 Å². The number of anilines is 1. The van der Waals surface area contributed by atoms with Gasteiger partial charge in [0.25, 0.3) is 0 Å². The first-order valence-electron chi connectivity index (χ1n) is 6.68. The molecule has 0 aliphatic carbocycles. The molecule has 0 aliphatic rings. The van der Waals surface area contributed by atoms with E-state index in [-0.39, 0.29) is 5.41 Å². The van der Waals surface area contributed by atoms with E-state index in [1.165, 1.54) is 0 Å². The second-order valence-corrected chi connectivity index (χ2v) is 6.76. The molecule has 1 heterocycles. The number of pyridine rings is 1. The monoisotopic (exact) mass is 287 g/mol. The zero-order valence-corrected chi connectivity index (χ0v) is 13.3. The standard InChI is InChI=1S/C16H21N3S/c1-16(2,3)10-19(4)14-11-7-5-6-8-13(11)18-9-12(14)15(17)20/h5-9H,10H2,1-4H3,(H2,17,20). The van der Waals surface area contributed by atoms with Crippen LogP contribution in [0.2, 0.25) is 0 Å². The van der Waals surface area contributed by atoms with Gasteiger partial charge in [0, 0.05) is 25.2 Å². The van der Waals surface area contributed by atoms with E-state index in [4.69, 9.17) is 18.0 Å². The van der Waals surface area contributed by atoms with Crippen molar-refractivity contribution in [1.29, 1.82) is 0 Å². The summed E-state index contributed by atoms with van der Waals surface area (Å²) in [6, 6.07) is 8.08. The largest absolute Gasteiger partial charge is 0.389 e. The van der Waals surface area contributed by atoms with Gasteiger partial charge < -0.3 is 10.6 Å². The van der Waals surface area contributed by atoms with Crippen LogP contribution in [0.3, 0.4) is 0 Å². The van der Waals surface area contributed by atoms with Crippen molar-refractivity contribution in [1.82, 2.24) is 4.98 Å². The normalized spacial score (nSPS) is 11.6. The Morgan fingerprint density at radius 3 is 2.55 bits per heavy atom. The van der Waals surface area contributed by atoms with Gasteiger partial charge in [0.2, 0.25) is 0 Å². The molecule has 2 rings (SSSR count). The van der Waals surface area contributed by atoms with Gasteiger partial charge in [0.1, 0.15) is 4.99 Å². The van der Waals surface area contributed by atoms with E-state index < -0.39 is 0 Å². The number of fused-ring (bicyclic) bond motifs is 1. The summed E-state index contributed by atoms with van der Waals surface area (Å²) in [5, 5.41) is 1.09. The number of thiocarbonyl (C=S) groups is 1. The summed E-state index contributed by atoms with van der Waals surface area (Å²) in [6.45, 7) is 7.56. The van der Waals surface area contributed by atoms with Gasteiger partial charge in [0.05, 0.1) is 16.8 Å². The maximum Gasteiger partial charge on any atom is 0.107 e. The molecule has 0 bridgehead atoms. The Bertz CT molecular complexity index is 644. The molecule has 106 valence electrons. The Morgan fingerprint density at radius 1 is 1.30 bits per heavy atom. The van der Waals surface area contributed by atoms with Crippen molar-refractivity contribution in [3.63, 3.8) is 0 Å².